The van der Waals surface area contributed by atoms with Gasteiger partial charge in [0.2, 0.25) is 0 Å². The SMILES string of the molecule is Cc1cccc(Oc2ccc(NC(=O)COC(=O)/C=C/c3cccc4cccnc34)cc2)c1. The van der Waals surface area contributed by atoms with Gasteiger partial charge in [0.1, 0.15) is 11.5 Å². The molecule has 1 aromatic heterocycles. The molecule has 3 aromatic carbocycles. The van der Waals surface area contributed by atoms with E-state index in [1.807, 2.05) is 61.5 Å². The average molecular weight is 438 g/mol. The number of pyridine rings is 1. The van der Waals surface area contributed by atoms with Gasteiger partial charge in [-0.25, -0.2) is 4.79 Å². The Morgan fingerprint density at radius 3 is 2.55 bits per heavy atom. The molecule has 0 aliphatic carbocycles. The number of esters is 1. The smallest absolute Gasteiger partial charge is 0.331 e. The Hall–Kier alpha value is -4.45. The highest BCUT2D eigenvalue weighted by Gasteiger charge is 2.07. The summed E-state index contributed by atoms with van der Waals surface area (Å²) in [7, 11) is 0. The number of carbonyl (C=O) groups is 2. The summed E-state index contributed by atoms with van der Waals surface area (Å²) in [6, 6.07) is 24.2. The number of ether oxygens (including phenoxy) is 2. The molecule has 164 valence electrons. The Balaban J connectivity index is 1.27. The van der Waals surface area contributed by atoms with E-state index in [-0.39, 0.29) is 0 Å². The van der Waals surface area contributed by atoms with Crippen LogP contribution in [0, 0.1) is 6.92 Å². The van der Waals surface area contributed by atoms with Crippen molar-refractivity contribution in [2.45, 2.75) is 6.92 Å². The summed E-state index contributed by atoms with van der Waals surface area (Å²) in [5.74, 6) is 0.347. The third kappa shape index (κ3) is 6.04. The third-order valence-corrected chi connectivity index (χ3v) is 4.77. The first-order valence-electron chi connectivity index (χ1n) is 10.4. The molecule has 0 aliphatic rings. The van der Waals surface area contributed by atoms with Crippen molar-refractivity contribution in [2.75, 3.05) is 11.9 Å². The number of aryl methyl sites for hydroxylation is 1. The van der Waals surface area contributed by atoms with E-state index in [0.717, 1.165) is 27.8 Å². The van der Waals surface area contributed by atoms with Gasteiger partial charge in [-0.3, -0.25) is 9.78 Å². The Morgan fingerprint density at radius 2 is 1.73 bits per heavy atom. The van der Waals surface area contributed by atoms with Crippen molar-refractivity contribution >= 4 is 34.5 Å². The van der Waals surface area contributed by atoms with Gasteiger partial charge in [-0.1, -0.05) is 36.4 Å². The number of fused-ring (bicyclic) bond motifs is 1. The van der Waals surface area contributed by atoms with E-state index in [1.54, 1.807) is 36.5 Å². The molecule has 0 aliphatic heterocycles. The third-order valence-electron chi connectivity index (χ3n) is 4.77. The quantitative estimate of drug-likeness (QED) is 0.303. The number of para-hydroxylation sites is 1. The molecule has 0 bridgehead atoms. The first-order chi connectivity index (χ1) is 16.1. The molecule has 0 spiro atoms. The normalized spacial score (nSPS) is 10.8. The molecule has 0 saturated heterocycles. The molecule has 1 heterocycles. The lowest BCUT2D eigenvalue weighted by Gasteiger charge is -2.08. The molecule has 0 fully saturated rings. The highest BCUT2D eigenvalue weighted by Crippen LogP contribution is 2.23. The van der Waals surface area contributed by atoms with Gasteiger partial charge in [0.25, 0.3) is 5.91 Å². The van der Waals surface area contributed by atoms with Gasteiger partial charge in [0, 0.05) is 28.9 Å². The zero-order valence-electron chi connectivity index (χ0n) is 18.0. The lowest BCUT2D eigenvalue weighted by molar-refractivity contribution is -0.142. The summed E-state index contributed by atoms with van der Waals surface area (Å²) in [5, 5.41) is 3.66. The monoisotopic (exact) mass is 438 g/mol. The molecule has 1 amide bonds. The van der Waals surface area contributed by atoms with E-state index in [1.165, 1.54) is 6.08 Å². The van der Waals surface area contributed by atoms with Gasteiger partial charge in [-0.2, -0.15) is 0 Å². The van der Waals surface area contributed by atoms with Crippen molar-refractivity contribution < 1.29 is 19.1 Å². The lowest BCUT2D eigenvalue weighted by atomic mass is 10.1. The van der Waals surface area contributed by atoms with Crippen molar-refractivity contribution in [1.29, 1.82) is 0 Å². The maximum absolute atomic E-state index is 12.1. The highest BCUT2D eigenvalue weighted by atomic mass is 16.5. The van der Waals surface area contributed by atoms with Gasteiger partial charge in [-0.05, 0) is 61.0 Å². The molecule has 4 rings (SSSR count). The number of hydrogen-bond donors (Lipinski definition) is 1. The number of benzene rings is 3. The van der Waals surface area contributed by atoms with Gasteiger partial charge in [0.05, 0.1) is 5.52 Å². The van der Waals surface area contributed by atoms with Crippen LogP contribution < -0.4 is 10.1 Å². The van der Waals surface area contributed by atoms with Crippen molar-refractivity contribution in [1.82, 2.24) is 4.98 Å². The first kappa shape index (κ1) is 21.8. The second-order valence-corrected chi connectivity index (χ2v) is 7.35. The van der Waals surface area contributed by atoms with Gasteiger partial charge >= 0.3 is 5.97 Å². The maximum Gasteiger partial charge on any atom is 0.331 e. The minimum atomic E-state index is -0.611. The lowest BCUT2D eigenvalue weighted by Crippen LogP contribution is -2.20. The van der Waals surface area contributed by atoms with Crippen LogP contribution in [0.15, 0.2) is 91.1 Å². The fourth-order valence-electron chi connectivity index (χ4n) is 3.22. The summed E-state index contributed by atoms with van der Waals surface area (Å²) in [6.07, 6.45) is 4.61. The number of nitrogens with one attached hydrogen (secondary N) is 1. The fourth-order valence-corrected chi connectivity index (χ4v) is 3.22. The predicted molar refractivity (Wildman–Crippen MR) is 128 cm³/mol. The largest absolute Gasteiger partial charge is 0.457 e. The number of anilines is 1. The second kappa shape index (κ2) is 10.2. The molecule has 1 N–H and O–H groups in total. The molecule has 0 unspecified atom stereocenters. The molecule has 0 radical (unpaired) electrons. The van der Waals surface area contributed by atoms with E-state index in [4.69, 9.17) is 9.47 Å². The van der Waals surface area contributed by atoms with E-state index in [2.05, 4.69) is 10.3 Å². The van der Waals surface area contributed by atoms with Crippen LogP contribution in [0.3, 0.4) is 0 Å². The van der Waals surface area contributed by atoms with Gasteiger partial charge in [-0.15, -0.1) is 0 Å². The first-order valence-corrected chi connectivity index (χ1v) is 10.4. The topological polar surface area (TPSA) is 77.5 Å². The van der Waals surface area contributed by atoms with Crippen LogP contribution in [-0.4, -0.2) is 23.5 Å². The molecule has 4 aromatic rings. The van der Waals surface area contributed by atoms with Gasteiger partial charge < -0.3 is 14.8 Å². The fraction of sp³-hybridized carbons (Fsp3) is 0.0741. The molecule has 0 atom stereocenters. The number of amides is 1. The van der Waals surface area contributed by atoms with Gasteiger partial charge in [0.15, 0.2) is 6.61 Å². The molecule has 6 heteroatoms. The standard InChI is InChI=1S/C27H22N2O4/c1-19-5-2-9-24(17-19)33-23-13-11-22(12-14-23)29-25(30)18-32-26(31)15-10-21-7-3-6-20-8-4-16-28-27(20)21/h2-17H,18H2,1H3,(H,29,30)/b15-10+. The number of carbonyl (C=O) groups excluding carboxylic acids is 2. The molecule has 0 saturated carbocycles. The Labute approximate surface area is 191 Å². The zero-order chi connectivity index (χ0) is 23.0. The molecular formula is C27H22N2O4. The van der Waals surface area contributed by atoms with Crippen LogP contribution in [0.4, 0.5) is 5.69 Å². The van der Waals surface area contributed by atoms with Crippen molar-refractivity contribution in [3.8, 4) is 11.5 Å². The summed E-state index contributed by atoms with van der Waals surface area (Å²) in [4.78, 5) is 28.5. The van der Waals surface area contributed by atoms with E-state index in [0.29, 0.717) is 11.4 Å². The summed E-state index contributed by atoms with van der Waals surface area (Å²) in [6.45, 7) is 1.60. The summed E-state index contributed by atoms with van der Waals surface area (Å²) in [5.41, 5.74) is 3.26. The number of hydrogen-bond acceptors (Lipinski definition) is 5. The Bertz CT molecular complexity index is 1310. The minimum absolute atomic E-state index is 0.390. The van der Waals surface area contributed by atoms with Crippen molar-refractivity contribution in [2.24, 2.45) is 0 Å². The summed E-state index contributed by atoms with van der Waals surface area (Å²) >= 11 is 0. The molecule has 33 heavy (non-hydrogen) atoms. The molecule has 6 nitrogen and oxygen atoms in total. The maximum atomic E-state index is 12.1. The van der Waals surface area contributed by atoms with Crippen LogP contribution in [0.5, 0.6) is 11.5 Å². The van der Waals surface area contributed by atoms with Crippen LogP contribution in [0.2, 0.25) is 0 Å². The number of rotatable bonds is 7. The zero-order valence-corrected chi connectivity index (χ0v) is 18.0. The minimum Gasteiger partial charge on any atom is -0.457 e. The van der Waals surface area contributed by atoms with E-state index in [9.17, 15) is 9.59 Å². The van der Waals surface area contributed by atoms with Crippen LogP contribution in [-0.2, 0) is 14.3 Å². The predicted octanol–water partition coefficient (Wildman–Crippen LogP) is 5.53. The average Bonchev–Trinajstić information content (AvgIpc) is 2.83. The summed E-state index contributed by atoms with van der Waals surface area (Å²) < 4.78 is 10.8. The van der Waals surface area contributed by atoms with E-state index >= 15 is 0 Å². The van der Waals surface area contributed by atoms with E-state index < -0.39 is 18.5 Å². The van der Waals surface area contributed by atoms with Crippen LogP contribution in [0.1, 0.15) is 11.1 Å². The second-order valence-electron chi connectivity index (χ2n) is 7.35. The van der Waals surface area contributed by atoms with Crippen molar-refractivity contribution in [3.63, 3.8) is 0 Å². The Morgan fingerprint density at radius 1 is 0.939 bits per heavy atom. The highest BCUT2D eigenvalue weighted by molar-refractivity contribution is 5.96. The van der Waals surface area contributed by atoms with Crippen LogP contribution >= 0.6 is 0 Å². The number of nitrogens with zero attached hydrogens (tertiary/aromatic N) is 1. The Kier molecular flexibility index (Phi) is 6.75. The van der Waals surface area contributed by atoms with Crippen LogP contribution in [0.25, 0.3) is 17.0 Å². The molecular weight excluding hydrogens is 416 g/mol. The van der Waals surface area contributed by atoms with Crippen molar-refractivity contribution in [3.05, 3.63) is 102 Å². The number of aromatic nitrogens is 1.